The lowest BCUT2D eigenvalue weighted by atomic mass is 9.58. The van der Waals surface area contributed by atoms with Gasteiger partial charge in [0.25, 0.3) is 5.91 Å². The van der Waals surface area contributed by atoms with Crippen molar-refractivity contribution in [1.82, 2.24) is 10.4 Å². The molecular weight excluding hydrogens is 402 g/mol. The summed E-state index contributed by atoms with van der Waals surface area (Å²) in [7, 11) is 0. The van der Waals surface area contributed by atoms with Crippen LogP contribution in [0.4, 0.5) is 0 Å². The zero-order chi connectivity index (χ0) is 21.8. The topological polar surface area (TPSA) is 114 Å². The summed E-state index contributed by atoms with van der Waals surface area (Å²) < 4.78 is 18.9. The Morgan fingerprint density at radius 2 is 2.10 bits per heavy atom. The molecule has 4 aliphatic heterocycles. The predicted molar refractivity (Wildman–Crippen MR) is 108 cm³/mol. The molecule has 1 aliphatic carbocycles. The van der Waals surface area contributed by atoms with Crippen LogP contribution in [0.1, 0.15) is 62.5 Å². The molecule has 4 saturated heterocycles. The van der Waals surface area contributed by atoms with E-state index in [0.29, 0.717) is 18.4 Å². The Hall–Kier alpha value is -1.62. The molecule has 9 heteroatoms. The Kier molecular flexibility index (Phi) is 5.31. The molecule has 0 radical (unpaired) electrons. The van der Waals surface area contributed by atoms with Gasteiger partial charge < -0.3 is 14.2 Å². The molecule has 5 aliphatic rings. The van der Waals surface area contributed by atoms with Gasteiger partial charge in [-0.1, -0.05) is 19.9 Å². The summed E-state index contributed by atoms with van der Waals surface area (Å²) in [5.74, 6) is 5.09. The van der Waals surface area contributed by atoms with Crippen molar-refractivity contribution in [2.24, 2.45) is 29.5 Å². The van der Waals surface area contributed by atoms with E-state index >= 15 is 0 Å². The first-order valence-corrected chi connectivity index (χ1v) is 11.1. The molecule has 3 N–H and O–H groups in total. The molecule has 1 aromatic rings. The van der Waals surface area contributed by atoms with Crippen molar-refractivity contribution >= 4 is 5.91 Å². The van der Waals surface area contributed by atoms with Crippen LogP contribution in [0.25, 0.3) is 0 Å². The highest BCUT2D eigenvalue weighted by Gasteiger charge is 2.69. The fraction of sp³-hybridized carbons (Fsp3) is 0.727. The van der Waals surface area contributed by atoms with Gasteiger partial charge in [-0.15, -0.1) is 0 Å². The number of hydrazine groups is 1. The molecular formula is C22H31N3O6. The van der Waals surface area contributed by atoms with Crippen LogP contribution in [0.2, 0.25) is 0 Å². The third kappa shape index (κ3) is 3.39. The first kappa shape index (κ1) is 21.2. The highest BCUT2D eigenvalue weighted by atomic mass is 17.3. The van der Waals surface area contributed by atoms with Crippen LogP contribution in [0.5, 0.6) is 0 Å². The maximum atomic E-state index is 11.6. The van der Waals surface area contributed by atoms with Crippen LogP contribution < -0.4 is 11.3 Å². The number of nitrogens with one attached hydrogen (secondary N) is 1. The number of pyridine rings is 1. The molecule has 1 saturated carbocycles. The van der Waals surface area contributed by atoms with Gasteiger partial charge in [0, 0.05) is 24.5 Å². The average molecular weight is 434 g/mol. The number of nitrogens with zero attached hydrogens (tertiary/aromatic N) is 1. The summed E-state index contributed by atoms with van der Waals surface area (Å²) in [6, 6.07) is 3.42. The number of carbonyl (C=O) groups is 1. The van der Waals surface area contributed by atoms with Crippen LogP contribution in [0.15, 0.2) is 18.3 Å². The maximum Gasteiger partial charge on any atom is 0.283 e. The van der Waals surface area contributed by atoms with Gasteiger partial charge in [0.1, 0.15) is 5.69 Å². The fourth-order valence-electron chi connectivity index (χ4n) is 5.96. The average Bonchev–Trinajstić information content (AvgIpc) is 3.01. The molecule has 0 aromatic carbocycles. The highest BCUT2D eigenvalue weighted by Crippen LogP contribution is 2.60. The molecule has 9 nitrogen and oxygen atoms in total. The molecule has 2 bridgehead atoms. The normalized spacial score (nSPS) is 43.7. The summed E-state index contributed by atoms with van der Waals surface area (Å²) in [4.78, 5) is 27.7. The first-order valence-electron chi connectivity index (χ1n) is 11.1. The summed E-state index contributed by atoms with van der Waals surface area (Å²) in [5.41, 5.74) is 2.58. The van der Waals surface area contributed by atoms with Gasteiger partial charge in [-0.25, -0.2) is 15.6 Å². The van der Waals surface area contributed by atoms with E-state index in [1.165, 1.54) is 0 Å². The molecule has 1 spiro atoms. The van der Waals surface area contributed by atoms with E-state index < -0.39 is 29.9 Å². The van der Waals surface area contributed by atoms with Crippen LogP contribution in [0.3, 0.4) is 0 Å². The van der Waals surface area contributed by atoms with Crippen molar-refractivity contribution in [2.45, 2.75) is 77.0 Å². The van der Waals surface area contributed by atoms with Gasteiger partial charge in [-0.3, -0.25) is 15.2 Å². The minimum Gasteiger partial charge on any atom is -0.348 e. The standard InChI is InChI=1S/C22H31N3O6/c1-12-4-6-16-13(2)19(27-11-14-5-7-17(24-10-14)18(26)25-23)28-20-22(16)15(12)8-9-21(3,29-20)30-31-22/h5,7,10,12-13,15-16,19-20H,4,6,8-9,11,23H2,1-3H3,(H,25,26)/t12-,13-,15?,16?,19?,20?,21+,22-/m1/s1. The molecule has 8 atom stereocenters. The van der Waals surface area contributed by atoms with E-state index in [1.54, 1.807) is 18.3 Å². The first-order chi connectivity index (χ1) is 14.9. The van der Waals surface area contributed by atoms with Gasteiger partial charge in [0.05, 0.1) is 6.61 Å². The zero-order valence-electron chi connectivity index (χ0n) is 18.2. The third-order valence-electron chi connectivity index (χ3n) is 7.70. The number of amides is 1. The number of ether oxygens (including phenoxy) is 3. The number of fused-ring (bicyclic) bond motifs is 2. The number of nitrogens with two attached hydrogens (primary N) is 1. The summed E-state index contributed by atoms with van der Waals surface area (Å²) >= 11 is 0. The number of hydrogen-bond donors (Lipinski definition) is 2. The van der Waals surface area contributed by atoms with Crippen molar-refractivity contribution in [3.63, 3.8) is 0 Å². The largest absolute Gasteiger partial charge is 0.348 e. The third-order valence-corrected chi connectivity index (χ3v) is 7.70. The van der Waals surface area contributed by atoms with E-state index in [1.807, 2.05) is 6.92 Å². The van der Waals surface area contributed by atoms with Crippen molar-refractivity contribution in [1.29, 1.82) is 0 Å². The smallest absolute Gasteiger partial charge is 0.283 e. The number of carbonyl (C=O) groups excluding carboxylic acids is 1. The second-order valence-electron chi connectivity index (χ2n) is 9.61. The van der Waals surface area contributed by atoms with Gasteiger partial charge in [-0.2, -0.15) is 0 Å². The number of hydrogen-bond acceptors (Lipinski definition) is 8. The highest BCUT2D eigenvalue weighted by molar-refractivity contribution is 5.91. The molecule has 1 amide bonds. The van der Waals surface area contributed by atoms with Crippen LogP contribution in [-0.2, 0) is 30.6 Å². The van der Waals surface area contributed by atoms with Crippen molar-refractivity contribution in [3.05, 3.63) is 29.6 Å². The number of rotatable bonds is 4. The molecule has 4 unspecified atom stereocenters. The molecule has 1 aromatic heterocycles. The Morgan fingerprint density at radius 1 is 1.26 bits per heavy atom. The van der Waals surface area contributed by atoms with E-state index in [-0.39, 0.29) is 17.5 Å². The van der Waals surface area contributed by atoms with E-state index in [0.717, 1.165) is 31.2 Å². The predicted octanol–water partition coefficient (Wildman–Crippen LogP) is 2.41. The number of nitrogen functional groups attached to an aromatic ring is 1. The summed E-state index contributed by atoms with van der Waals surface area (Å²) in [5, 5.41) is 0. The number of aromatic nitrogens is 1. The van der Waals surface area contributed by atoms with Gasteiger partial charge in [0.15, 0.2) is 18.2 Å². The molecule has 31 heavy (non-hydrogen) atoms. The Bertz CT molecular complexity index is 837. The molecule has 5 heterocycles. The van der Waals surface area contributed by atoms with Crippen molar-refractivity contribution < 1.29 is 28.8 Å². The van der Waals surface area contributed by atoms with Gasteiger partial charge >= 0.3 is 0 Å². The summed E-state index contributed by atoms with van der Waals surface area (Å²) in [6.45, 7) is 6.68. The molecule has 170 valence electrons. The quantitative estimate of drug-likeness (QED) is 0.322. The van der Waals surface area contributed by atoms with Crippen LogP contribution >= 0.6 is 0 Å². The maximum absolute atomic E-state index is 11.6. The van der Waals surface area contributed by atoms with E-state index in [2.05, 4.69) is 24.3 Å². The SMILES string of the molecule is C[C@H]1C(OCc2ccc(C(=O)NN)nc2)OC2O[C@]3(C)CCC4[C@H](C)CCC1[C@@]24OO3. The Morgan fingerprint density at radius 3 is 2.84 bits per heavy atom. The Balaban J connectivity index is 1.34. The van der Waals surface area contributed by atoms with E-state index in [4.69, 9.17) is 29.8 Å². The second-order valence-corrected chi connectivity index (χ2v) is 9.61. The van der Waals surface area contributed by atoms with Crippen molar-refractivity contribution in [3.8, 4) is 0 Å². The Labute approximate surface area is 181 Å². The van der Waals surface area contributed by atoms with Crippen molar-refractivity contribution in [2.75, 3.05) is 0 Å². The zero-order valence-corrected chi connectivity index (χ0v) is 18.2. The van der Waals surface area contributed by atoms with Crippen LogP contribution in [-0.4, -0.2) is 34.9 Å². The minimum atomic E-state index is -0.800. The second kappa shape index (κ2) is 7.75. The summed E-state index contributed by atoms with van der Waals surface area (Å²) in [6.07, 6.45) is 4.60. The lowest BCUT2D eigenvalue weighted by Crippen LogP contribution is -2.70. The fourth-order valence-corrected chi connectivity index (χ4v) is 5.96. The minimum absolute atomic E-state index is 0.108. The monoisotopic (exact) mass is 433 g/mol. The lowest BCUT2D eigenvalue weighted by Gasteiger charge is -2.60. The van der Waals surface area contributed by atoms with Crippen LogP contribution in [0, 0.1) is 23.7 Å². The molecule has 6 rings (SSSR count). The van der Waals surface area contributed by atoms with Gasteiger partial charge in [-0.05, 0) is 49.7 Å². The molecule has 5 fully saturated rings. The lowest BCUT2D eigenvalue weighted by molar-refractivity contribution is -0.577. The van der Waals surface area contributed by atoms with E-state index in [9.17, 15) is 4.79 Å². The van der Waals surface area contributed by atoms with Gasteiger partial charge in [0.2, 0.25) is 5.79 Å².